The number of unbranched alkanes of at least 4 members (excludes halogenated alkanes) is 7. The molecule has 20 heavy (non-hydrogen) atoms. The molecule has 0 aromatic rings. The van der Waals surface area contributed by atoms with Crippen LogP contribution < -0.4 is 0 Å². The molecule has 122 valence electrons. The van der Waals surface area contributed by atoms with Gasteiger partial charge < -0.3 is 8.91 Å². The average Bonchev–Trinajstić information content (AvgIpc) is 2.30. The van der Waals surface area contributed by atoms with Gasteiger partial charge in [-0.25, -0.2) is 0 Å². The van der Waals surface area contributed by atoms with Crippen molar-refractivity contribution in [1.82, 2.24) is 0 Å². The molecule has 0 spiro atoms. The normalized spacial score (nSPS) is 12.9. The molecule has 0 amide bonds. The number of hydrogen-bond acceptors (Lipinski definition) is 1. The first-order chi connectivity index (χ1) is 9.27. The summed E-state index contributed by atoms with van der Waals surface area (Å²) in [7, 11) is 3.36. The Morgan fingerprint density at radius 3 is 1.75 bits per heavy atom. The van der Waals surface area contributed by atoms with Crippen molar-refractivity contribution in [2.75, 3.05) is 33.8 Å². The maximum atomic E-state index is 5.97. The quantitative estimate of drug-likeness (QED) is 0.263. The summed E-state index contributed by atoms with van der Waals surface area (Å²) in [6.45, 7) is 12.5. The second-order valence-corrected chi connectivity index (χ2v) is 12.3. The van der Waals surface area contributed by atoms with Crippen molar-refractivity contribution in [3.05, 3.63) is 0 Å². The molecule has 0 aromatic carbocycles. The lowest BCUT2D eigenvalue weighted by Crippen LogP contribution is -2.44. The molecule has 0 aromatic heterocycles. The molecule has 0 rings (SSSR count). The van der Waals surface area contributed by atoms with Crippen LogP contribution in [0.1, 0.15) is 58.3 Å². The summed E-state index contributed by atoms with van der Waals surface area (Å²) in [6, 6.07) is 0. The zero-order chi connectivity index (χ0) is 15.5. The highest BCUT2D eigenvalue weighted by Crippen LogP contribution is 2.10. The Hall–Kier alpha value is 0.137. The van der Waals surface area contributed by atoms with Crippen molar-refractivity contribution in [1.29, 1.82) is 0 Å². The van der Waals surface area contributed by atoms with Gasteiger partial charge in [0.25, 0.3) is 0 Å². The first-order valence-electron chi connectivity index (χ1n) is 8.73. The van der Waals surface area contributed by atoms with Gasteiger partial charge in [0.1, 0.15) is 6.54 Å². The van der Waals surface area contributed by atoms with Crippen LogP contribution in [0.15, 0.2) is 0 Å². The van der Waals surface area contributed by atoms with Gasteiger partial charge in [-0.1, -0.05) is 45.4 Å². The molecule has 0 aliphatic rings. The fraction of sp³-hybridized carbons (Fsp3) is 1.00. The van der Waals surface area contributed by atoms with E-state index in [4.69, 9.17) is 4.43 Å². The minimum atomic E-state index is -1.33. The fourth-order valence-electron chi connectivity index (χ4n) is 2.38. The Labute approximate surface area is 129 Å². The van der Waals surface area contributed by atoms with Gasteiger partial charge in [-0.15, -0.1) is 0 Å². The molecule has 0 saturated carbocycles. The standard InChI is InChI=1S/C17H40NOSi/c1-7-8-9-10-11-12-13-14-15-18(2,3)16-17-19-20(4,5)6/h7-17H2,1-6H3/q+1. The fourth-order valence-corrected chi connectivity index (χ4v) is 3.09. The number of rotatable bonds is 13. The molecule has 2 nitrogen and oxygen atoms in total. The van der Waals surface area contributed by atoms with Crippen molar-refractivity contribution in [3.63, 3.8) is 0 Å². The molecular formula is C17H40NOSi+. The Kier molecular flexibility index (Phi) is 10.9. The summed E-state index contributed by atoms with van der Waals surface area (Å²) in [5.74, 6) is 0. The maximum absolute atomic E-state index is 5.97. The van der Waals surface area contributed by atoms with Gasteiger partial charge in [0.15, 0.2) is 8.32 Å². The smallest absolute Gasteiger partial charge is 0.184 e. The lowest BCUT2D eigenvalue weighted by Gasteiger charge is -2.31. The summed E-state index contributed by atoms with van der Waals surface area (Å²) in [5.41, 5.74) is 0. The lowest BCUT2D eigenvalue weighted by molar-refractivity contribution is -0.890. The molecule has 3 heteroatoms. The van der Waals surface area contributed by atoms with E-state index in [1.54, 1.807) is 0 Å². The van der Waals surface area contributed by atoms with E-state index in [1.807, 2.05) is 0 Å². The Bertz CT molecular complexity index is 224. The largest absolute Gasteiger partial charge is 0.412 e. The molecular weight excluding hydrogens is 262 g/mol. The van der Waals surface area contributed by atoms with Crippen LogP contribution in [0.25, 0.3) is 0 Å². The summed E-state index contributed by atoms with van der Waals surface area (Å²) in [6.07, 6.45) is 11.3. The van der Waals surface area contributed by atoms with Crippen LogP contribution in [0.3, 0.4) is 0 Å². The van der Waals surface area contributed by atoms with Gasteiger partial charge in [-0.05, 0) is 32.5 Å². The molecule has 0 saturated heterocycles. The predicted octanol–water partition coefficient (Wildman–Crippen LogP) is 5.06. The average molecular weight is 303 g/mol. The number of quaternary nitrogens is 1. The molecule has 0 aliphatic carbocycles. The van der Waals surface area contributed by atoms with Gasteiger partial charge in [-0.2, -0.15) is 0 Å². The highest BCUT2D eigenvalue weighted by Gasteiger charge is 2.18. The Morgan fingerprint density at radius 1 is 0.750 bits per heavy atom. The Balaban J connectivity index is 3.47. The van der Waals surface area contributed by atoms with Crippen LogP contribution in [-0.4, -0.2) is 46.6 Å². The topological polar surface area (TPSA) is 9.23 Å². The van der Waals surface area contributed by atoms with Crippen molar-refractivity contribution < 1.29 is 8.91 Å². The van der Waals surface area contributed by atoms with E-state index in [2.05, 4.69) is 40.7 Å². The molecule has 0 bridgehead atoms. The van der Waals surface area contributed by atoms with E-state index < -0.39 is 8.32 Å². The van der Waals surface area contributed by atoms with E-state index in [0.717, 1.165) is 17.6 Å². The van der Waals surface area contributed by atoms with Gasteiger partial charge >= 0.3 is 0 Å². The highest BCUT2D eigenvalue weighted by atomic mass is 28.4. The SMILES string of the molecule is CCCCCCCCCC[N+](C)(C)CCO[Si](C)(C)C. The molecule has 0 unspecified atom stereocenters. The molecule has 0 aliphatic heterocycles. The molecule has 0 fully saturated rings. The summed E-state index contributed by atoms with van der Waals surface area (Å²) in [4.78, 5) is 0. The number of likely N-dealkylation sites (N-methyl/N-ethyl adjacent to an activating group) is 1. The van der Waals surface area contributed by atoms with Crippen LogP contribution in [-0.2, 0) is 4.43 Å². The van der Waals surface area contributed by atoms with E-state index in [0.29, 0.717) is 0 Å². The first-order valence-corrected chi connectivity index (χ1v) is 12.1. The van der Waals surface area contributed by atoms with Crippen molar-refractivity contribution >= 4 is 8.32 Å². The Morgan fingerprint density at radius 2 is 1.25 bits per heavy atom. The van der Waals surface area contributed by atoms with Crippen LogP contribution in [0.2, 0.25) is 19.6 Å². The lowest BCUT2D eigenvalue weighted by atomic mass is 10.1. The third-order valence-electron chi connectivity index (χ3n) is 3.85. The summed E-state index contributed by atoms with van der Waals surface area (Å²) < 4.78 is 7.08. The molecule has 0 heterocycles. The van der Waals surface area contributed by atoms with E-state index in [9.17, 15) is 0 Å². The monoisotopic (exact) mass is 302 g/mol. The van der Waals surface area contributed by atoms with Crippen LogP contribution >= 0.6 is 0 Å². The van der Waals surface area contributed by atoms with Gasteiger partial charge in [0.05, 0.1) is 27.2 Å². The maximum Gasteiger partial charge on any atom is 0.184 e. The van der Waals surface area contributed by atoms with Gasteiger partial charge in [0, 0.05) is 0 Å². The zero-order valence-corrected chi connectivity index (χ0v) is 16.1. The van der Waals surface area contributed by atoms with Crippen molar-refractivity contribution in [2.45, 2.75) is 77.9 Å². The molecule has 0 N–H and O–H groups in total. The zero-order valence-electron chi connectivity index (χ0n) is 15.1. The van der Waals surface area contributed by atoms with Crippen molar-refractivity contribution in [3.8, 4) is 0 Å². The van der Waals surface area contributed by atoms with Crippen LogP contribution in [0.5, 0.6) is 0 Å². The second kappa shape index (κ2) is 10.8. The van der Waals surface area contributed by atoms with Crippen molar-refractivity contribution in [2.24, 2.45) is 0 Å². The second-order valence-electron chi connectivity index (χ2n) is 7.82. The summed E-state index contributed by atoms with van der Waals surface area (Å²) >= 11 is 0. The third-order valence-corrected chi connectivity index (χ3v) is 4.92. The molecule has 0 radical (unpaired) electrons. The van der Waals surface area contributed by atoms with E-state index in [1.165, 1.54) is 57.9 Å². The first kappa shape index (κ1) is 20.1. The number of hydrogen-bond donors (Lipinski definition) is 0. The van der Waals surface area contributed by atoms with E-state index in [-0.39, 0.29) is 0 Å². The predicted molar refractivity (Wildman–Crippen MR) is 93.8 cm³/mol. The third kappa shape index (κ3) is 14.5. The van der Waals surface area contributed by atoms with Crippen LogP contribution in [0.4, 0.5) is 0 Å². The summed E-state index contributed by atoms with van der Waals surface area (Å²) in [5, 5.41) is 0. The minimum Gasteiger partial charge on any atom is -0.412 e. The van der Waals surface area contributed by atoms with E-state index >= 15 is 0 Å². The number of nitrogens with zero attached hydrogens (tertiary/aromatic N) is 1. The molecule has 0 atom stereocenters. The minimum absolute atomic E-state index is 0.930. The van der Waals surface area contributed by atoms with Crippen LogP contribution in [0, 0.1) is 0 Å². The highest BCUT2D eigenvalue weighted by molar-refractivity contribution is 6.69. The van der Waals surface area contributed by atoms with Gasteiger partial charge in [0.2, 0.25) is 0 Å². The van der Waals surface area contributed by atoms with Gasteiger partial charge in [-0.3, -0.25) is 0 Å².